The second kappa shape index (κ2) is 8.05. The molecule has 0 amide bonds. The van der Waals surface area contributed by atoms with Gasteiger partial charge in [-0.1, -0.05) is 44.9 Å². The zero-order valence-electron chi connectivity index (χ0n) is 13.5. The summed E-state index contributed by atoms with van der Waals surface area (Å²) in [5, 5.41) is 4.17. The summed E-state index contributed by atoms with van der Waals surface area (Å²) in [5.74, 6) is 2.27. The predicted molar refractivity (Wildman–Crippen MR) is 90.0 cm³/mol. The molecule has 118 valence electrons. The van der Waals surface area contributed by atoms with E-state index >= 15 is 0 Å². The molecule has 3 heteroatoms. The average Bonchev–Trinajstić information content (AvgIpc) is 2.41. The first-order valence-electron chi connectivity index (χ1n) is 8.20. The van der Waals surface area contributed by atoms with Gasteiger partial charge >= 0.3 is 0 Å². The molecule has 0 spiro atoms. The number of nitrogens with one attached hydrogen (secondary N) is 1. The minimum Gasteiger partial charge on any atom is -0.489 e. The molecule has 2 unspecified atom stereocenters. The number of ether oxygens (including phenoxy) is 1. The lowest BCUT2D eigenvalue weighted by atomic mass is 9.89. The van der Waals surface area contributed by atoms with E-state index in [0.29, 0.717) is 12.0 Å². The van der Waals surface area contributed by atoms with E-state index in [1.807, 2.05) is 12.1 Å². The fourth-order valence-electron chi connectivity index (χ4n) is 2.92. The highest BCUT2D eigenvalue weighted by atomic mass is 35.5. The van der Waals surface area contributed by atoms with Crippen LogP contribution in [0.2, 0.25) is 5.02 Å². The van der Waals surface area contributed by atoms with E-state index in [-0.39, 0.29) is 0 Å². The fourth-order valence-corrected chi connectivity index (χ4v) is 3.17. The summed E-state index contributed by atoms with van der Waals surface area (Å²) in [6.07, 6.45) is 5.22. The fraction of sp³-hybridized carbons (Fsp3) is 0.667. The van der Waals surface area contributed by atoms with Crippen LogP contribution in [-0.2, 0) is 6.54 Å². The molecule has 1 aliphatic carbocycles. The van der Waals surface area contributed by atoms with Crippen molar-refractivity contribution in [3.8, 4) is 5.75 Å². The lowest BCUT2D eigenvalue weighted by Crippen LogP contribution is -2.24. The third kappa shape index (κ3) is 5.52. The minimum atomic E-state index is 0.330. The number of halogens is 1. The van der Waals surface area contributed by atoms with E-state index in [1.54, 1.807) is 0 Å². The minimum absolute atomic E-state index is 0.330. The third-order valence-electron chi connectivity index (χ3n) is 4.06. The number of hydrogen-bond acceptors (Lipinski definition) is 2. The molecule has 1 fully saturated rings. The van der Waals surface area contributed by atoms with Crippen molar-refractivity contribution in [1.29, 1.82) is 0 Å². The van der Waals surface area contributed by atoms with E-state index in [9.17, 15) is 0 Å². The van der Waals surface area contributed by atoms with Gasteiger partial charge in [-0.3, -0.25) is 0 Å². The first-order chi connectivity index (χ1) is 10.0. The zero-order chi connectivity index (χ0) is 15.2. The SMILES string of the molecule is CC(C)CNCc1ccc(OC2CCCC(C)C2)c(Cl)c1. The van der Waals surface area contributed by atoms with Crippen molar-refractivity contribution in [1.82, 2.24) is 5.32 Å². The molecule has 1 aromatic rings. The Bertz CT molecular complexity index is 447. The van der Waals surface area contributed by atoms with Crippen molar-refractivity contribution in [3.05, 3.63) is 28.8 Å². The summed E-state index contributed by atoms with van der Waals surface area (Å²) < 4.78 is 6.10. The Morgan fingerprint density at radius 2 is 2.14 bits per heavy atom. The molecule has 1 N–H and O–H groups in total. The van der Waals surface area contributed by atoms with Gasteiger partial charge in [-0.15, -0.1) is 0 Å². The smallest absolute Gasteiger partial charge is 0.138 e. The highest BCUT2D eigenvalue weighted by Gasteiger charge is 2.21. The maximum atomic E-state index is 6.37. The van der Waals surface area contributed by atoms with Crippen LogP contribution in [0.3, 0.4) is 0 Å². The number of rotatable bonds is 6. The summed E-state index contributed by atoms with van der Waals surface area (Å²) in [5.41, 5.74) is 1.21. The quantitative estimate of drug-likeness (QED) is 0.794. The molecule has 21 heavy (non-hydrogen) atoms. The van der Waals surface area contributed by atoms with Crippen LogP contribution in [0.5, 0.6) is 5.75 Å². The van der Waals surface area contributed by atoms with Crippen LogP contribution in [0, 0.1) is 11.8 Å². The van der Waals surface area contributed by atoms with Crippen LogP contribution >= 0.6 is 11.6 Å². The van der Waals surface area contributed by atoms with Gasteiger partial charge < -0.3 is 10.1 Å². The standard InChI is InChI=1S/C18H28ClNO/c1-13(2)11-20-12-15-7-8-18(17(19)10-15)21-16-6-4-5-14(3)9-16/h7-8,10,13-14,16,20H,4-6,9,11-12H2,1-3H3. The predicted octanol–water partition coefficient (Wildman–Crippen LogP) is 5.04. The Balaban J connectivity index is 1.89. The Morgan fingerprint density at radius 3 is 2.81 bits per heavy atom. The van der Waals surface area contributed by atoms with E-state index in [0.717, 1.165) is 42.6 Å². The largest absolute Gasteiger partial charge is 0.489 e. The van der Waals surface area contributed by atoms with Crippen molar-refractivity contribution in [2.75, 3.05) is 6.54 Å². The lowest BCUT2D eigenvalue weighted by Gasteiger charge is -2.27. The van der Waals surface area contributed by atoms with Gasteiger partial charge in [0.25, 0.3) is 0 Å². The van der Waals surface area contributed by atoms with Crippen LogP contribution < -0.4 is 10.1 Å². The van der Waals surface area contributed by atoms with Gasteiger partial charge in [-0.05, 0) is 55.3 Å². The molecule has 1 aliphatic rings. The molecule has 0 heterocycles. The zero-order valence-corrected chi connectivity index (χ0v) is 14.2. The second-order valence-electron chi connectivity index (χ2n) is 6.80. The van der Waals surface area contributed by atoms with Gasteiger partial charge in [0.05, 0.1) is 11.1 Å². The normalized spacial score (nSPS) is 22.5. The Morgan fingerprint density at radius 1 is 1.33 bits per heavy atom. The maximum Gasteiger partial charge on any atom is 0.138 e. The van der Waals surface area contributed by atoms with Crippen molar-refractivity contribution < 1.29 is 4.74 Å². The van der Waals surface area contributed by atoms with Crippen molar-refractivity contribution in [2.24, 2.45) is 11.8 Å². The summed E-state index contributed by atoms with van der Waals surface area (Å²) >= 11 is 6.37. The van der Waals surface area contributed by atoms with E-state index in [4.69, 9.17) is 16.3 Å². The highest BCUT2D eigenvalue weighted by molar-refractivity contribution is 6.32. The van der Waals surface area contributed by atoms with Crippen LogP contribution in [0.1, 0.15) is 52.0 Å². The Hall–Kier alpha value is -0.730. The molecule has 0 aliphatic heterocycles. The summed E-state index contributed by atoms with van der Waals surface area (Å²) in [6, 6.07) is 6.16. The molecule has 0 radical (unpaired) electrons. The van der Waals surface area contributed by atoms with Crippen molar-refractivity contribution in [3.63, 3.8) is 0 Å². The third-order valence-corrected chi connectivity index (χ3v) is 4.36. The molecule has 2 atom stereocenters. The van der Waals surface area contributed by atoms with Crippen LogP contribution in [0.4, 0.5) is 0 Å². The van der Waals surface area contributed by atoms with Gasteiger partial charge in [0.1, 0.15) is 5.75 Å². The van der Waals surface area contributed by atoms with Crippen molar-refractivity contribution >= 4 is 11.6 Å². The van der Waals surface area contributed by atoms with E-state index in [1.165, 1.54) is 18.4 Å². The molecule has 0 aromatic heterocycles. The van der Waals surface area contributed by atoms with Crippen LogP contribution in [-0.4, -0.2) is 12.6 Å². The first kappa shape index (κ1) is 16.6. The summed E-state index contributed by atoms with van der Waals surface area (Å²) in [7, 11) is 0. The van der Waals surface area contributed by atoms with Gasteiger partial charge in [0.2, 0.25) is 0 Å². The molecular weight excluding hydrogens is 282 g/mol. The number of hydrogen-bond donors (Lipinski definition) is 1. The van der Waals surface area contributed by atoms with Gasteiger partial charge in [-0.25, -0.2) is 0 Å². The monoisotopic (exact) mass is 309 g/mol. The van der Waals surface area contributed by atoms with Crippen molar-refractivity contribution in [2.45, 2.75) is 59.1 Å². The van der Waals surface area contributed by atoms with Gasteiger partial charge in [0.15, 0.2) is 0 Å². The maximum absolute atomic E-state index is 6.37. The topological polar surface area (TPSA) is 21.3 Å². The highest BCUT2D eigenvalue weighted by Crippen LogP contribution is 2.31. The Labute approximate surface area is 134 Å². The molecule has 0 saturated heterocycles. The van der Waals surface area contributed by atoms with Crippen LogP contribution in [0.15, 0.2) is 18.2 Å². The van der Waals surface area contributed by atoms with Gasteiger partial charge in [0, 0.05) is 6.54 Å². The Kier molecular flexibility index (Phi) is 6.38. The number of benzene rings is 1. The van der Waals surface area contributed by atoms with Crippen LogP contribution in [0.25, 0.3) is 0 Å². The molecule has 2 rings (SSSR count). The van der Waals surface area contributed by atoms with E-state index in [2.05, 4.69) is 32.2 Å². The lowest BCUT2D eigenvalue weighted by molar-refractivity contribution is 0.129. The molecule has 1 aromatic carbocycles. The summed E-state index contributed by atoms with van der Waals surface area (Å²) in [4.78, 5) is 0. The second-order valence-corrected chi connectivity index (χ2v) is 7.21. The first-order valence-corrected chi connectivity index (χ1v) is 8.58. The molecular formula is C18H28ClNO. The molecule has 0 bridgehead atoms. The average molecular weight is 310 g/mol. The molecule has 1 saturated carbocycles. The molecule has 2 nitrogen and oxygen atoms in total. The van der Waals surface area contributed by atoms with E-state index < -0.39 is 0 Å². The summed E-state index contributed by atoms with van der Waals surface area (Å²) in [6.45, 7) is 8.61. The van der Waals surface area contributed by atoms with Gasteiger partial charge in [-0.2, -0.15) is 0 Å².